The zero-order valence-corrected chi connectivity index (χ0v) is 7.56. The molecule has 0 heterocycles. The van der Waals surface area contributed by atoms with Gasteiger partial charge in [-0.1, -0.05) is 12.2 Å². The first-order valence-electron chi connectivity index (χ1n) is 2.98. The monoisotopic (exact) mass is 177 g/mol. The van der Waals surface area contributed by atoms with Crippen LogP contribution in [0.3, 0.4) is 0 Å². The van der Waals surface area contributed by atoms with E-state index < -0.39 is 0 Å². The van der Waals surface area contributed by atoms with E-state index in [0.717, 1.165) is 12.2 Å². The standard InChI is InChI=1S/C6H11NOS2/c1-5(8)4-10-3-2-6(7)9/h2-4H2,1H3,(H2,7,9). The number of rotatable bonds is 5. The molecule has 10 heavy (non-hydrogen) atoms. The number of nitrogens with two attached hydrogens (primary N) is 1. The smallest absolute Gasteiger partial charge is 0.139 e. The molecule has 2 nitrogen and oxygen atoms in total. The quantitative estimate of drug-likeness (QED) is 0.502. The number of ketones is 1. The largest absolute Gasteiger partial charge is 0.393 e. The summed E-state index contributed by atoms with van der Waals surface area (Å²) in [5, 5.41) is 0. The number of thioether (sulfide) groups is 1. The Balaban J connectivity index is 3.06. The van der Waals surface area contributed by atoms with E-state index in [-0.39, 0.29) is 5.78 Å². The molecular weight excluding hydrogens is 166 g/mol. The van der Waals surface area contributed by atoms with Gasteiger partial charge in [0, 0.05) is 6.42 Å². The van der Waals surface area contributed by atoms with Crippen molar-refractivity contribution < 1.29 is 4.79 Å². The van der Waals surface area contributed by atoms with Gasteiger partial charge in [-0.15, -0.1) is 0 Å². The van der Waals surface area contributed by atoms with E-state index in [0.29, 0.717) is 10.7 Å². The minimum Gasteiger partial charge on any atom is -0.393 e. The Morgan fingerprint density at radius 2 is 2.30 bits per heavy atom. The molecule has 0 radical (unpaired) electrons. The highest BCUT2D eigenvalue weighted by atomic mass is 32.2. The minimum atomic E-state index is 0.202. The highest BCUT2D eigenvalue weighted by Gasteiger charge is 1.94. The van der Waals surface area contributed by atoms with Crippen LogP contribution >= 0.6 is 24.0 Å². The fraction of sp³-hybridized carbons (Fsp3) is 0.667. The van der Waals surface area contributed by atoms with Crippen LogP contribution < -0.4 is 5.73 Å². The number of hydrogen-bond acceptors (Lipinski definition) is 3. The number of thiocarbonyl (C=S) groups is 1. The summed E-state index contributed by atoms with van der Waals surface area (Å²) in [6.07, 6.45) is 0.729. The second-order valence-corrected chi connectivity index (χ2v) is 3.60. The van der Waals surface area contributed by atoms with E-state index >= 15 is 0 Å². The zero-order chi connectivity index (χ0) is 7.98. The van der Waals surface area contributed by atoms with Gasteiger partial charge in [-0.05, 0) is 12.7 Å². The van der Waals surface area contributed by atoms with Crippen LogP contribution in [-0.4, -0.2) is 22.3 Å². The van der Waals surface area contributed by atoms with Gasteiger partial charge in [0.2, 0.25) is 0 Å². The van der Waals surface area contributed by atoms with E-state index in [4.69, 9.17) is 5.73 Å². The molecule has 0 atom stereocenters. The van der Waals surface area contributed by atoms with Gasteiger partial charge in [0.05, 0.1) is 10.7 Å². The van der Waals surface area contributed by atoms with Crippen LogP contribution in [0.5, 0.6) is 0 Å². The maximum Gasteiger partial charge on any atom is 0.139 e. The van der Waals surface area contributed by atoms with Crippen LogP contribution in [0.25, 0.3) is 0 Å². The van der Waals surface area contributed by atoms with Crippen LogP contribution in [-0.2, 0) is 4.79 Å². The van der Waals surface area contributed by atoms with Crippen molar-refractivity contribution >= 4 is 34.8 Å². The predicted molar refractivity (Wildman–Crippen MR) is 49.4 cm³/mol. The summed E-state index contributed by atoms with van der Waals surface area (Å²) in [5.74, 6) is 1.63. The first-order valence-corrected chi connectivity index (χ1v) is 4.54. The van der Waals surface area contributed by atoms with Crippen LogP contribution in [0.1, 0.15) is 13.3 Å². The average molecular weight is 177 g/mol. The Bertz CT molecular complexity index is 120. The third-order valence-corrected chi connectivity index (χ3v) is 2.11. The lowest BCUT2D eigenvalue weighted by atomic mass is 10.5. The van der Waals surface area contributed by atoms with Crippen LogP contribution in [0.2, 0.25) is 0 Å². The molecule has 0 rings (SSSR count). The van der Waals surface area contributed by atoms with Gasteiger partial charge in [0.1, 0.15) is 5.78 Å². The minimum absolute atomic E-state index is 0.202. The lowest BCUT2D eigenvalue weighted by Crippen LogP contribution is -2.08. The van der Waals surface area contributed by atoms with Crippen molar-refractivity contribution in [1.82, 2.24) is 0 Å². The maximum atomic E-state index is 10.4. The summed E-state index contributed by atoms with van der Waals surface area (Å²) in [5.41, 5.74) is 5.24. The summed E-state index contributed by atoms with van der Waals surface area (Å²) in [6, 6.07) is 0. The van der Waals surface area contributed by atoms with Crippen molar-refractivity contribution in [3.63, 3.8) is 0 Å². The Hall–Kier alpha value is -0.0900. The van der Waals surface area contributed by atoms with Gasteiger partial charge in [0.15, 0.2) is 0 Å². The van der Waals surface area contributed by atoms with Crippen LogP contribution in [0, 0.1) is 0 Å². The predicted octanol–water partition coefficient (Wildman–Crippen LogP) is 0.985. The first-order chi connectivity index (χ1) is 4.63. The molecule has 0 fully saturated rings. The fourth-order valence-corrected chi connectivity index (χ4v) is 1.42. The van der Waals surface area contributed by atoms with Gasteiger partial charge in [0.25, 0.3) is 0 Å². The maximum absolute atomic E-state index is 10.4. The molecule has 0 aliphatic heterocycles. The second kappa shape index (κ2) is 5.68. The molecule has 0 aliphatic carbocycles. The van der Waals surface area contributed by atoms with Crippen molar-refractivity contribution in [2.45, 2.75) is 13.3 Å². The first kappa shape index (κ1) is 9.91. The van der Waals surface area contributed by atoms with Gasteiger partial charge in [-0.25, -0.2) is 0 Å². The number of hydrogen-bond donors (Lipinski definition) is 1. The highest BCUT2D eigenvalue weighted by Crippen LogP contribution is 2.01. The normalized spacial score (nSPS) is 9.30. The molecule has 0 saturated heterocycles. The molecule has 0 spiro atoms. The highest BCUT2D eigenvalue weighted by molar-refractivity contribution is 8.00. The second-order valence-electron chi connectivity index (χ2n) is 1.97. The molecule has 0 amide bonds. The molecule has 0 bridgehead atoms. The molecule has 0 unspecified atom stereocenters. The lowest BCUT2D eigenvalue weighted by Gasteiger charge is -1.95. The van der Waals surface area contributed by atoms with Gasteiger partial charge < -0.3 is 5.73 Å². The summed E-state index contributed by atoms with van der Waals surface area (Å²) in [6.45, 7) is 1.58. The Kier molecular flexibility index (Phi) is 5.63. The molecule has 4 heteroatoms. The Morgan fingerprint density at radius 3 is 2.70 bits per heavy atom. The van der Waals surface area contributed by atoms with E-state index in [2.05, 4.69) is 12.2 Å². The van der Waals surface area contributed by atoms with E-state index in [9.17, 15) is 4.79 Å². The topological polar surface area (TPSA) is 43.1 Å². The van der Waals surface area contributed by atoms with Crippen LogP contribution in [0.15, 0.2) is 0 Å². The van der Waals surface area contributed by atoms with Crippen molar-refractivity contribution in [3.8, 4) is 0 Å². The molecule has 0 saturated carbocycles. The molecular formula is C6H11NOS2. The Labute approximate surface area is 70.5 Å². The molecule has 2 N–H and O–H groups in total. The molecule has 58 valence electrons. The van der Waals surface area contributed by atoms with Gasteiger partial charge >= 0.3 is 0 Å². The third kappa shape index (κ3) is 7.91. The van der Waals surface area contributed by atoms with Crippen molar-refractivity contribution in [1.29, 1.82) is 0 Å². The van der Waals surface area contributed by atoms with Gasteiger partial charge in [-0.2, -0.15) is 11.8 Å². The third-order valence-electron chi connectivity index (χ3n) is 0.798. The van der Waals surface area contributed by atoms with Crippen molar-refractivity contribution in [2.24, 2.45) is 5.73 Å². The lowest BCUT2D eigenvalue weighted by molar-refractivity contribution is -0.114. The van der Waals surface area contributed by atoms with E-state index in [1.165, 1.54) is 0 Å². The molecule has 0 aromatic rings. The van der Waals surface area contributed by atoms with E-state index in [1.54, 1.807) is 18.7 Å². The zero-order valence-electron chi connectivity index (χ0n) is 5.92. The fourth-order valence-electron chi connectivity index (χ4n) is 0.389. The summed E-state index contributed by atoms with van der Waals surface area (Å²) < 4.78 is 0. The van der Waals surface area contributed by atoms with Crippen LogP contribution in [0.4, 0.5) is 0 Å². The molecule has 0 aromatic carbocycles. The number of Topliss-reactive ketones (excluding diaryl/α,β-unsaturated/α-hetero) is 1. The summed E-state index contributed by atoms with van der Waals surface area (Å²) >= 11 is 6.23. The number of carbonyl (C=O) groups is 1. The number of carbonyl (C=O) groups excluding carboxylic acids is 1. The molecule has 0 aliphatic rings. The van der Waals surface area contributed by atoms with Crippen molar-refractivity contribution in [3.05, 3.63) is 0 Å². The summed E-state index contributed by atoms with van der Waals surface area (Å²) in [7, 11) is 0. The summed E-state index contributed by atoms with van der Waals surface area (Å²) in [4.78, 5) is 10.9. The van der Waals surface area contributed by atoms with Gasteiger partial charge in [-0.3, -0.25) is 4.79 Å². The van der Waals surface area contributed by atoms with E-state index in [1.807, 2.05) is 0 Å². The Morgan fingerprint density at radius 1 is 1.70 bits per heavy atom. The SMILES string of the molecule is CC(=O)CSCCC(N)=S. The average Bonchev–Trinajstić information content (AvgIpc) is 1.79. The van der Waals surface area contributed by atoms with Crippen molar-refractivity contribution in [2.75, 3.05) is 11.5 Å². The molecule has 0 aromatic heterocycles.